The van der Waals surface area contributed by atoms with Gasteiger partial charge in [-0.2, -0.15) is 0 Å². The van der Waals surface area contributed by atoms with E-state index in [4.69, 9.17) is 4.42 Å². The molecule has 0 fully saturated rings. The van der Waals surface area contributed by atoms with Gasteiger partial charge in [-0.25, -0.2) is 0 Å². The number of para-hydroxylation sites is 4. The lowest BCUT2D eigenvalue weighted by atomic mass is 9.33. The van der Waals surface area contributed by atoms with Gasteiger partial charge in [0, 0.05) is 50.7 Å². The fraction of sp³-hybridized carbons (Fsp3) is 0.0909. The lowest BCUT2D eigenvalue weighted by molar-refractivity contribution is 0.590. The van der Waals surface area contributed by atoms with Crippen LogP contribution in [-0.2, 0) is 5.41 Å². The Morgan fingerprint density at radius 1 is 0.479 bits per heavy atom. The quantitative estimate of drug-likeness (QED) is 0.180. The number of benzene rings is 7. The zero-order chi connectivity index (χ0) is 32.1. The number of rotatable bonds is 2. The number of nitrogens with zero attached hydrogens (tertiary/aromatic N) is 2. The van der Waals surface area contributed by atoms with Gasteiger partial charge in [-0.05, 0) is 75.2 Å². The van der Waals surface area contributed by atoms with Gasteiger partial charge < -0.3 is 14.2 Å². The second-order valence-electron chi connectivity index (χ2n) is 14.1. The van der Waals surface area contributed by atoms with Gasteiger partial charge in [0.15, 0.2) is 0 Å². The van der Waals surface area contributed by atoms with Crippen LogP contribution in [0.25, 0.3) is 32.7 Å². The lowest BCUT2D eigenvalue weighted by Crippen LogP contribution is -2.61. The molecule has 4 heteroatoms. The van der Waals surface area contributed by atoms with E-state index >= 15 is 0 Å². The summed E-state index contributed by atoms with van der Waals surface area (Å²) in [5, 5.41) is 4.72. The molecule has 228 valence electrons. The van der Waals surface area contributed by atoms with E-state index in [9.17, 15) is 0 Å². The van der Waals surface area contributed by atoms with Crippen molar-refractivity contribution in [3.05, 3.63) is 151 Å². The standard InChI is InChI=1S/C44H33BN2O/c1-44(2,3)28-25-38-43-39(26-28)47(37-27-41-42(31-18-8-7-17-30(31)37)32-19-9-14-24-40(32)48-41)36-23-13-11-21-34(36)45(43)33-20-10-12-22-35(33)46(38)29-15-5-4-6-16-29/h4-27H,1-3H3. The third-order valence-electron chi connectivity index (χ3n) is 10.4. The summed E-state index contributed by atoms with van der Waals surface area (Å²) in [6, 6.07) is 53.2. The summed E-state index contributed by atoms with van der Waals surface area (Å²) < 4.78 is 6.61. The topological polar surface area (TPSA) is 19.6 Å². The summed E-state index contributed by atoms with van der Waals surface area (Å²) in [7, 11) is 0. The normalized spacial score (nSPS) is 13.6. The second kappa shape index (κ2) is 9.89. The molecule has 1 aromatic heterocycles. The van der Waals surface area contributed by atoms with Crippen LogP contribution in [-0.4, -0.2) is 6.71 Å². The first kappa shape index (κ1) is 27.4. The van der Waals surface area contributed by atoms with Gasteiger partial charge in [-0.1, -0.05) is 118 Å². The molecule has 0 saturated carbocycles. The average molecular weight is 617 g/mol. The highest BCUT2D eigenvalue weighted by atomic mass is 16.3. The molecule has 0 amide bonds. The van der Waals surface area contributed by atoms with Crippen molar-refractivity contribution in [2.24, 2.45) is 0 Å². The first-order chi connectivity index (χ1) is 23.5. The first-order valence-electron chi connectivity index (χ1n) is 16.8. The highest BCUT2D eigenvalue weighted by Crippen LogP contribution is 2.49. The van der Waals surface area contributed by atoms with Crippen molar-refractivity contribution in [2.75, 3.05) is 9.80 Å². The maximum absolute atomic E-state index is 6.61. The van der Waals surface area contributed by atoms with Crippen LogP contribution in [0.5, 0.6) is 0 Å². The van der Waals surface area contributed by atoms with Crippen molar-refractivity contribution < 1.29 is 4.42 Å². The van der Waals surface area contributed by atoms with Crippen LogP contribution in [0, 0.1) is 0 Å². The Morgan fingerprint density at radius 3 is 1.75 bits per heavy atom. The average Bonchev–Trinajstić information content (AvgIpc) is 3.50. The van der Waals surface area contributed by atoms with Gasteiger partial charge >= 0.3 is 0 Å². The fourth-order valence-corrected chi connectivity index (χ4v) is 8.20. The Balaban J connectivity index is 1.36. The van der Waals surface area contributed by atoms with Crippen molar-refractivity contribution in [2.45, 2.75) is 26.2 Å². The number of fused-ring (bicyclic) bond motifs is 9. The molecule has 2 aliphatic heterocycles. The van der Waals surface area contributed by atoms with Gasteiger partial charge in [-0.15, -0.1) is 0 Å². The molecule has 2 aliphatic rings. The highest BCUT2D eigenvalue weighted by molar-refractivity contribution is 7.00. The predicted octanol–water partition coefficient (Wildman–Crippen LogP) is 10.1. The molecule has 10 rings (SSSR count). The number of hydrogen-bond acceptors (Lipinski definition) is 3. The molecule has 0 N–H and O–H groups in total. The number of hydrogen-bond donors (Lipinski definition) is 0. The fourth-order valence-electron chi connectivity index (χ4n) is 8.20. The molecule has 48 heavy (non-hydrogen) atoms. The molecule has 7 aromatic carbocycles. The minimum Gasteiger partial charge on any atom is -0.456 e. The van der Waals surface area contributed by atoms with Gasteiger partial charge in [0.1, 0.15) is 11.2 Å². The molecular formula is C44H33BN2O. The van der Waals surface area contributed by atoms with Crippen molar-refractivity contribution >= 4 is 89.9 Å². The summed E-state index contributed by atoms with van der Waals surface area (Å²) in [5.74, 6) is 0. The van der Waals surface area contributed by atoms with E-state index in [1.54, 1.807) is 0 Å². The van der Waals surface area contributed by atoms with Gasteiger partial charge in [0.05, 0.1) is 5.69 Å². The molecule has 0 aliphatic carbocycles. The van der Waals surface area contributed by atoms with Gasteiger partial charge in [-0.3, -0.25) is 0 Å². The Kier molecular flexibility index (Phi) is 5.64. The maximum atomic E-state index is 6.61. The monoisotopic (exact) mass is 616 g/mol. The molecule has 0 atom stereocenters. The zero-order valence-electron chi connectivity index (χ0n) is 27.2. The summed E-state index contributed by atoms with van der Waals surface area (Å²) in [5.41, 5.74) is 14.2. The first-order valence-corrected chi connectivity index (χ1v) is 16.8. The predicted molar refractivity (Wildman–Crippen MR) is 204 cm³/mol. The minimum atomic E-state index is -0.0757. The van der Waals surface area contributed by atoms with E-state index < -0.39 is 0 Å². The summed E-state index contributed by atoms with van der Waals surface area (Å²) in [4.78, 5) is 5.00. The van der Waals surface area contributed by atoms with Gasteiger partial charge in [0.2, 0.25) is 0 Å². The maximum Gasteiger partial charge on any atom is 0.252 e. The van der Waals surface area contributed by atoms with Crippen LogP contribution in [0.1, 0.15) is 26.3 Å². The van der Waals surface area contributed by atoms with E-state index in [0.29, 0.717) is 0 Å². The lowest BCUT2D eigenvalue weighted by Gasteiger charge is -2.45. The third-order valence-corrected chi connectivity index (χ3v) is 10.4. The smallest absolute Gasteiger partial charge is 0.252 e. The molecule has 0 spiro atoms. The minimum absolute atomic E-state index is 0.0757. The van der Waals surface area contributed by atoms with E-state index in [0.717, 1.165) is 27.9 Å². The molecule has 0 bridgehead atoms. The summed E-state index contributed by atoms with van der Waals surface area (Å²) in [6.07, 6.45) is 0. The van der Waals surface area contributed by atoms with Crippen LogP contribution in [0.2, 0.25) is 0 Å². The van der Waals surface area contributed by atoms with Crippen LogP contribution < -0.4 is 26.2 Å². The molecule has 3 nitrogen and oxygen atoms in total. The van der Waals surface area contributed by atoms with Gasteiger partial charge in [0.25, 0.3) is 6.71 Å². The van der Waals surface area contributed by atoms with Crippen LogP contribution in [0.4, 0.5) is 34.1 Å². The van der Waals surface area contributed by atoms with Crippen LogP contribution in [0.3, 0.4) is 0 Å². The Hall–Kier alpha value is -5.74. The third kappa shape index (κ3) is 3.77. The highest BCUT2D eigenvalue weighted by Gasteiger charge is 2.44. The molecule has 8 aromatic rings. The molecule has 0 unspecified atom stereocenters. The SMILES string of the molecule is CC(C)(C)c1cc2c3c(c1)N(c1cc4oc5ccccc5c4c4ccccc14)c1ccccc1B3c1ccccc1N2c1ccccc1. The summed E-state index contributed by atoms with van der Waals surface area (Å²) >= 11 is 0. The molecular weight excluding hydrogens is 583 g/mol. The van der Waals surface area contributed by atoms with E-state index in [1.165, 1.54) is 60.9 Å². The Morgan fingerprint density at radius 2 is 1.04 bits per heavy atom. The van der Waals surface area contributed by atoms with Crippen molar-refractivity contribution in [1.29, 1.82) is 0 Å². The van der Waals surface area contributed by atoms with E-state index in [1.807, 2.05) is 0 Å². The largest absolute Gasteiger partial charge is 0.456 e. The van der Waals surface area contributed by atoms with E-state index in [2.05, 4.69) is 176 Å². The van der Waals surface area contributed by atoms with Crippen molar-refractivity contribution in [3.8, 4) is 0 Å². The van der Waals surface area contributed by atoms with E-state index in [-0.39, 0.29) is 12.1 Å². The van der Waals surface area contributed by atoms with Crippen LogP contribution in [0.15, 0.2) is 150 Å². The second-order valence-corrected chi connectivity index (χ2v) is 14.1. The van der Waals surface area contributed by atoms with Crippen molar-refractivity contribution in [1.82, 2.24) is 0 Å². The Bertz CT molecular complexity index is 2580. The molecule has 0 saturated heterocycles. The molecule has 3 heterocycles. The molecule has 0 radical (unpaired) electrons. The number of anilines is 6. The Labute approximate surface area is 280 Å². The number of furan rings is 1. The van der Waals surface area contributed by atoms with Crippen LogP contribution >= 0.6 is 0 Å². The van der Waals surface area contributed by atoms with Crippen molar-refractivity contribution in [3.63, 3.8) is 0 Å². The summed E-state index contributed by atoms with van der Waals surface area (Å²) in [6.45, 7) is 7.05. The zero-order valence-corrected chi connectivity index (χ0v) is 27.2.